The molecule has 0 saturated heterocycles. The van der Waals surface area contributed by atoms with E-state index < -0.39 is 0 Å². The fourth-order valence-corrected chi connectivity index (χ4v) is 2.50. The maximum absolute atomic E-state index is 6.13. The first-order valence-corrected chi connectivity index (χ1v) is 5.90. The molecule has 3 nitrogen and oxygen atoms in total. The van der Waals surface area contributed by atoms with Crippen LogP contribution in [0, 0.1) is 0 Å². The molecule has 82 valence electrons. The number of ether oxygens (including phenoxy) is 2. The number of nitrogens with two attached hydrogens (primary N) is 1. The third-order valence-corrected chi connectivity index (χ3v) is 3.41. The topological polar surface area (TPSA) is 44.5 Å². The molecule has 0 amide bonds. The van der Waals surface area contributed by atoms with Crippen molar-refractivity contribution >= 4 is 11.3 Å². The van der Waals surface area contributed by atoms with Gasteiger partial charge in [0.2, 0.25) is 0 Å². The highest BCUT2D eigenvalue weighted by Gasteiger charge is 2.20. The van der Waals surface area contributed by atoms with Gasteiger partial charge in [-0.2, -0.15) is 0 Å². The summed E-state index contributed by atoms with van der Waals surface area (Å²) in [5, 5.41) is 1.98. The van der Waals surface area contributed by atoms with Crippen LogP contribution in [0.3, 0.4) is 0 Å². The van der Waals surface area contributed by atoms with Gasteiger partial charge in [0, 0.05) is 0 Å². The van der Waals surface area contributed by atoms with Gasteiger partial charge in [-0.1, -0.05) is 0 Å². The molecule has 0 bridgehead atoms. The van der Waals surface area contributed by atoms with Crippen molar-refractivity contribution in [2.24, 2.45) is 5.73 Å². The van der Waals surface area contributed by atoms with Crippen LogP contribution in [0.2, 0.25) is 0 Å². The summed E-state index contributed by atoms with van der Waals surface area (Å²) in [4.78, 5) is 1.03. The molecule has 0 saturated carbocycles. The van der Waals surface area contributed by atoms with Crippen LogP contribution in [-0.2, 0) is 4.74 Å². The zero-order valence-corrected chi connectivity index (χ0v) is 9.55. The highest BCUT2D eigenvalue weighted by atomic mass is 32.1. The molecule has 2 heterocycles. The first-order valence-electron chi connectivity index (χ1n) is 5.02. The van der Waals surface area contributed by atoms with Gasteiger partial charge in [-0.3, -0.25) is 0 Å². The minimum Gasteiger partial charge on any atom is -0.496 e. The van der Waals surface area contributed by atoms with E-state index in [-0.39, 0.29) is 6.04 Å². The second-order valence-corrected chi connectivity index (χ2v) is 4.38. The van der Waals surface area contributed by atoms with Gasteiger partial charge >= 0.3 is 0 Å². The number of methoxy groups -OCH3 is 1. The van der Waals surface area contributed by atoms with E-state index in [1.165, 1.54) is 0 Å². The van der Waals surface area contributed by atoms with Gasteiger partial charge in [0.15, 0.2) is 0 Å². The van der Waals surface area contributed by atoms with Crippen molar-refractivity contribution in [3.8, 4) is 5.75 Å². The monoisotopic (exact) mass is 225 g/mol. The second-order valence-electron chi connectivity index (χ2n) is 3.43. The maximum atomic E-state index is 6.13. The van der Waals surface area contributed by atoms with E-state index in [0.717, 1.165) is 35.8 Å². The van der Waals surface area contributed by atoms with Crippen molar-refractivity contribution in [3.05, 3.63) is 28.2 Å². The van der Waals surface area contributed by atoms with Crippen LogP contribution in [0.5, 0.6) is 5.75 Å². The Morgan fingerprint density at radius 2 is 2.47 bits per heavy atom. The molecule has 0 radical (unpaired) electrons. The van der Waals surface area contributed by atoms with Gasteiger partial charge in [-0.25, -0.2) is 0 Å². The predicted molar refractivity (Wildman–Crippen MR) is 61.1 cm³/mol. The molecule has 1 aromatic rings. The molecule has 0 fully saturated rings. The average molecular weight is 225 g/mol. The Labute approximate surface area is 93.5 Å². The van der Waals surface area contributed by atoms with Gasteiger partial charge in [0.1, 0.15) is 17.6 Å². The highest BCUT2D eigenvalue weighted by molar-refractivity contribution is 7.10. The van der Waals surface area contributed by atoms with Crippen LogP contribution in [0.4, 0.5) is 0 Å². The molecule has 15 heavy (non-hydrogen) atoms. The van der Waals surface area contributed by atoms with Crippen LogP contribution in [0.15, 0.2) is 23.3 Å². The third kappa shape index (κ3) is 2.16. The molecule has 1 aliphatic heterocycles. The van der Waals surface area contributed by atoms with Crippen LogP contribution in [-0.4, -0.2) is 13.7 Å². The quantitative estimate of drug-likeness (QED) is 0.859. The summed E-state index contributed by atoms with van der Waals surface area (Å²) in [7, 11) is 1.66. The first kappa shape index (κ1) is 10.5. The van der Waals surface area contributed by atoms with Crippen molar-refractivity contribution in [1.29, 1.82) is 0 Å². The lowest BCUT2D eigenvalue weighted by Gasteiger charge is -2.20. The van der Waals surface area contributed by atoms with E-state index in [9.17, 15) is 0 Å². The molecule has 0 aliphatic carbocycles. The lowest BCUT2D eigenvalue weighted by Crippen LogP contribution is -2.17. The molecule has 4 heteroatoms. The Bertz CT molecular complexity index is 359. The number of thiophene rings is 1. The van der Waals surface area contributed by atoms with E-state index in [4.69, 9.17) is 15.2 Å². The summed E-state index contributed by atoms with van der Waals surface area (Å²) >= 11 is 1.61. The van der Waals surface area contributed by atoms with E-state index in [2.05, 4.69) is 6.08 Å². The molecular formula is C11H15NO2S. The van der Waals surface area contributed by atoms with Crippen molar-refractivity contribution < 1.29 is 9.47 Å². The average Bonchev–Trinajstić information content (AvgIpc) is 2.77. The second kappa shape index (κ2) is 4.68. The molecule has 1 unspecified atom stereocenters. The molecule has 2 rings (SSSR count). The summed E-state index contributed by atoms with van der Waals surface area (Å²) in [6, 6.07) is 1.75. The number of hydrogen-bond donors (Lipinski definition) is 1. The Balaban J connectivity index is 2.19. The fraction of sp³-hybridized carbons (Fsp3) is 0.455. The summed E-state index contributed by atoms with van der Waals surface area (Å²) in [5.74, 6) is 1.73. The molecule has 1 atom stereocenters. The lowest BCUT2D eigenvalue weighted by molar-refractivity contribution is 0.176. The van der Waals surface area contributed by atoms with E-state index in [1.54, 1.807) is 18.4 Å². The Morgan fingerprint density at radius 1 is 1.60 bits per heavy atom. The normalized spacial score (nSPS) is 17.9. The van der Waals surface area contributed by atoms with E-state index >= 15 is 0 Å². The lowest BCUT2D eigenvalue weighted by atomic mass is 10.1. The Kier molecular flexibility index (Phi) is 3.28. The van der Waals surface area contributed by atoms with Gasteiger partial charge in [0.25, 0.3) is 0 Å². The summed E-state index contributed by atoms with van der Waals surface area (Å²) in [6.45, 7) is 0.771. The van der Waals surface area contributed by atoms with E-state index in [1.807, 2.05) is 11.4 Å². The largest absolute Gasteiger partial charge is 0.496 e. The molecule has 0 spiro atoms. The van der Waals surface area contributed by atoms with Gasteiger partial charge in [-0.05, 0) is 30.4 Å². The Hall–Kier alpha value is -1.00. The Morgan fingerprint density at radius 3 is 3.13 bits per heavy atom. The fourth-order valence-electron chi connectivity index (χ4n) is 1.63. The molecule has 2 N–H and O–H groups in total. The van der Waals surface area contributed by atoms with Gasteiger partial charge in [0.05, 0.1) is 18.6 Å². The van der Waals surface area contributed by atoms with Crippen molar-refractivity contribution in [3.63, 3.8) is 0 Å². The maximum Gasteiger partial charge on any atom is 0.134 e. The highest BCUT2D eigenvalue weighted by Crippen LogP contribution is 2.34. The smallest absolute Gasteiger partial charge is 0.134 e. The van der Waals surface area contributed by atoms with Crippen LogP contribution in [0.25, 0.3) is 0 Å². The van der Waals surface area contributed by atoms with Gasteiger partial charge < -0.3 is 15.2 Å². The summed E-state index contributed by atoms with van der Waals surface area (Å²) in [6.07, 6.45) is 4.21. The number of rotatable bonds is 3. The number of hydrogen-bond acceptors (Lipinski definition) is 4. The predicted octanol–water partition coefficient (Wildman–Crippen LogP) is 2.45. The van der Waals surface area contributed by atoms with Crippen LogP contribution >= 0.6 is 11.3 Å². The first-order chi connectivity index (χ1) is 7.33. The van der Waals surface area contributed by atoms with Crippen molar-refractivity contribution in [2.75, 3.05) is 13.7 Å². The van der Waals surface area contributed by atoms with Crippen molar-refractivity contribution in [2.45, 2.75) is 18.9 Å². The number of allylic oxidation sites excluding steroid dienone is 1. The zero-order valence-electron chi connectivity index (χ0n) is 8.73. The minimum atomic E-state index is -0.180. The standard InChI is InChI=1S/C11H15NO2S/c1-13-9-5-7-15-11(9)10(12)8-4-2-3-6-14-8/h4-5,7,10H,2-3,6,12H2,1H3. The van der Waals surface area contributed by atoms with E-state index in [0.29, 0.717) is 0 Å². The van der Waals surface area contributed by atoms with Gasteiger partial charge in [-0.15, -0.1) is 11.3 Å². The third-order valence-electron chi connectivity index (χ3n) is 2.43. The molecule has 0 aromatic carbocycles. The minimum absolute atomic E-state index is 0.180. The molecule has 1 aliphatic rings. The SMILES string of the molecule is COc1ccsc1C(N)C1=CCCCO1. The summed E-state index contributed by atoms with van der Waals surface area (Å²) < 4.78 is 10.8. The van der Waals surface area contributed by atoms with Crippen LogP contribution < -0.4 is 10.5 Å². The van der Waals surface area contributed by atoms with Crippen LogP contribution in [0.1, 0.15) is 23.8 Å². The molecule has 1 aromatic heterocycles. The molecular weight excluding hydrogens is 210 g/mol. The summed E-state index contributed by atoms with van der Waals surface area (Å²) in [5.41, 5.74) is 6.13. The van der Waals surface area contributed by atoms with Crippen molar-refractivity contribution in [1.82, 2.24) is 0 Å². The zero-order chi connectivity index (χ0) is 10.7.